The SMILES string of the molecule is Nc1nc2[nH]c(CCOS(=O)(=O)c3ccccc3C(=O)O)cc2c(=O)[nH]1. The van der Waals surface area contributed by atoms with Gasteiger partial charge in [-0.05, 0) is 18.2 Å². The summed E-state index contributed by atoms with van der Waals surface area (Å²) >= 11 is 0. The summed E-state index contributed by atoms with van der Waals surface area (Å²) in [6.07, 6.45) is 0.129. The van der Waals surface area contributed by atoms with Crippen molar-refractivity contribution in [2.24, 2.45) is 0 Å². The number of hydrogen-bond acceptors (Lipinski definition) is 7. The van der Waals surface area contributed by atoms with Gasteiger partial charge in [0, 0.05) is 12.1 Å². The van der Waals surface area contributed by atoms with Crippen molar-refractivity contribution in [2.45, 2.75) is 11.3 Å². The molecule has 0 unspecified atom stereocenters. The molecule has 26 heavy (non-hydrogen) atoms. The Morgan fingerprint density at radius 2 is 2.00 bits per heavy atom. The van der Waals surface area contributed by atoms with E-state index in [9.17, 15) is 18.0 Å². The molecule has 0 saturated heterocycles. The lowest BCUT2D eigenvalue weighted by molar-refractivity contribution is 0.0692. The zero-order valence-corrected chi connectivity index (χ0v) is 14.0. The van der Waals surface area contributed by atoms with Gasteiger partial charge in [0.2, 0.25) is 5.95 Å². The Kier molecular flexibility index (Phi) is 4.49. The molecule has 0 radical (unpaired) electrons. The average molecular weight is 378 g/mol. The Hall–Kier alpha value is -3.18. The van der Waals surface area contributed by atoms with Gasteiger partial charge in [-0.2, -0.15) is 13.4 Å². The van der Waals surface area contributed by atoms with Crippen molar-refractivity contribution in [3.8, 4) is 0 Å². The second-order valence-electron chi connectivity index (χ2n) is 5.34. The van der Waals surface area contributed by atoms with Crippen LogP contribution in [0.3, 0.4) is 0 Å². The van der Waals surface area contributed by atoms with E-state index in [4.69, 9.17) is 15.0 Å². The van der Waals surface area contributed by atoms with Crippen molar-refractivity contribution in [2.75, 3.05) is 12.3 Å². The average Bonchev–Trinajstić information content (AvgIpc) is 2.97. The molecule has 10 nitrogen and oxygen atoms in total. The zero-order chi connectivity index (χ0) is 18.9. The van der Waals surface area contributed by atoms with E-state index in [1.165, 1.54) is 24.3 Å². The number of aromatic carboxylic acids is 1. The summed E-state index contributed by atoms with van der Waals surface area (Å²) in [5, 5.41) is 9.37. The third-order valence-corrected chi connectivity index (χ3v) is 4.94. The number of nitrogens with one attached hydrogen (secondary N) is 2. The lowest BCUT2D eigenvalue weighted by atomic mass is 10.2. The minimum atomic E-state index is -4.25. The molecule has 5 N–H and O–H groups in total. The van der Waals surface area contributed by atoms with Crippen LogP contribution in [0.2, 0.25) is 0 Å². The minimum absolute atomic E-state index is 0.0417. The lowest BCUT2D eigenvalue weighted by Gasteiger charge is -2.07. The molecular formula is C15H14N4O6S. The molecule has 0 fully saturated rings. The first-order valence-electron chi connectivity index (χ1n) is 7.37. The number of anilines is 1. The summed E-state index contributed by atoms with van der Waals surface area (Å²) in [6.45, 7) is -0.253. The molecular weight excluding hydrogens is 364 g/mol. The maximum Gasteiger partial charge on any atom is 0.337 e. The maximum absolute atomic E-state index is 12.2. The number of carboxylic acid groups (broad SMARTS) is 1. The lowest BCUT2D eigenvalue weighted by Crippen LogP contribution is -2.13. The molecule has 0 spiro atoms. The van der Waals surface area contributed by atoms with Crippen molar-refractivity contribution < 1.29 is 22.5 Å². The number of nitrogen functional groups attached to an aromatic ring is 1. The number of nitrogens with zero attached hydrogens (tertiary/aromatic N) is 1. The molecule has 0 aliphatic heterocycles. The van der Waals surface area contributed by atoms with Crippen LogP contribution >= 0.6 is 0 Å². The zero-order valence-electron chi connectivity index (χ0n) is 13.2. The highest BCUT2D eigenvalue weighted by molar-refractivity contribution is 7.86. The van der Waals surface area contributed by atoms with Gasteiger partial charge in [0.25, 0.3) is 15.7 Å². The third-order valence-electron chi connectivity index (χ3n) is 3.57. The number of rotatable bonds is 6. The van der Waals surface area contributed by atoms with E-state index in [0.29, 0.717) is 5.69 Å². The van der Waals surface area contributed by atoms with Crippen LogP contribution in [0.1, 0.15) is 16.1 Å². The monoisotopic (exact) mass is 378 g/mol. The van der Waals surface area contributed by atoms with Gasteiger partial charge in [0.05, 0.1) is 17.6 Å². The number of nitrogens with two attached hydrogens (primary N) is 1. The van der Waals surface area contributed by atoms with Crippen molar-refractivity contribution in [3.05, 3.63) is 51.9 Å². The highest BCUT2D eigenvalue weighted by Gasteiger charge is 2.22. The predicted molar refractivity (Wildman–Crippen MR) is 91.4 cm³/mol. The van der Waals surface area contributed by atoms with Gasteiger partial charge in [-0.3, -0.25) is 14.0 Å². The number of carbonyl (C=O) groups is 1. The van der Waals surface area contributed by atoms with Crippen LogP contribution in [0, 0.1) is 0 Å². The molecule has 0 bridgehead atoms. The molecule has 2 heterocycles. The van der Waals surface area contributed by atoms with Gasteiger partial charge in [0.1, 0.15) is 10.5 Å². The van der Waals surface area contributed by atoms with Gasteiger partial charge in [0.15, 0.2) is 0 Å². The van der Waals surface area contributed by atoms with Gasteiger partial charge in [-0.15, -0.1) is 0 Å². The van der Waals surface area contributed by atoms with E-state index in [2.05, 4.69) is 15.0 Å². The van der Waals surface area contributed by atoms with Crippen LogP contribution in [0.15, 0.2) is 40.0 Å². The summed E-state index contributed by atoms with van der Waals surface area (Å²) in [6, 6.07) is 6.68. The number of aromatic nitrogens is 3. The first-order chi connectivity index (χ1) is 12.3. The Morgan fingerprint density at radius 3 is 2.73 bits per heavy atom. The second kappa shape index (κ2) is 6.61. The standard InChI is InChI=1S/C15H14N4O6S/c16-15-18-12-10(13(20)19-15)7-8(17-12)5-6-25-26(23,24)11-4-2-1-3-9(11)14(21)22/h1-4,7H,5-6H2,(H,21,22)(H4,16,17,18,19,20). The topological polar surface area (TPSA) is 168 Å². The van der Waals surface area contributed by atoms with E-state index in [1.807, 2.05) is 0 Å². The summed E-state index contributed by atoms with van der Waals surface area (Å²) in [5.74, 6) is -1.41. The van der Waals surface area contributed by atoms with Gasteiger partial charge in [-0.25, -0.2) is 4.79 Å². The largest absolute Gasteiger partial charge is 0.478 e. The first kappa shape index (κ1) is 17.6. The number of benzene rings is 1. The smallest absolute Gasteiger partial charge is 0.337 e. The molecule has 3 aromatic rings. The van der Waals surface area contributed by atoms with Crippen molar-refractivity contribution in [1.29, 1.82) is 0 Å². The molecule has 11 heteroatoms. The Labute approximate surface area is 146 Å². The van der Waals surface area contributed by atoms with Crippen LogP contribution in [0.5, 0.6) is 0 Å². The summed E-state index contributed by atoms with van der Waals surface area (Å²) in [4.78, 5) is 31.6. The Balaban J connectivity index is 1.76. The summed E-state index contributed by atoms with van der Waals surface area (Å²) in [7, 11) is -4.25. The fraction of sp³-hybridized carbons (Fsp3) is 0.133. The van der Waals surface area contributed by atoms with Crippen molar-refractivity contribution in [3.63, 3.8) is 0 Å². The Bertz CT molecular complexity index is 1150. The summed E-state index contributed by atoms with van der Waals surface area (Å²) < 4.78 is 29.4. The number of H-pyrrole nitrogens is 2. The maximum atomic E-state index is 12.2. The molecule has 1 aromatic carbocycles. The quantitative estimate of drug-likeness (QED) is 0.449. The fourth-order valence-electron chi connectivity index (χ4n) is 2.41. The van der Waals surface area contributed by atoms with Gasteiger partial charge < -0.3 is 15.8 Å². The normalized spacial score (nSPS) is 11.7. The number of fused-ring (bicyclic) bond motifs is 1. The van der Waals surface area contributed by atoms with Crippen LogP contribution in [0.25, 0.3) is 11.0 Å². The van der Waals surface area contributed by atoms with Crippen LogP contribution < -0.4 is 11.3 Å². The van der Waals surface area contributed by atoms with E-state index >= 15 is 0 Å². The van der Waals surface area contributed by atoms with E-state index in [-0.39, 0.29) is 35.6 Å². The van der Waals surface area contributed by atoms with E-state index < -0.39 is 26.5 Å². The molecule has 0 aliphatic rings. The van der Waals surface area contributed by atoms with Crippen molar-refractivity contribution in [1.82, 2.24) is 15.0 Å². The molecule has 0 aliphatic carbocycles. The van der Waals surface area contributed by atoms with Crippen LogP contribution in [-0.4, -0.2) is 41.1 Å². The van der Waals surface area contributed by atoms with Gasteiger partial charge in [-0.1, -0.05) is 12.1 Å². The molecule has 0 saturated carbocycles. The molecule has 136 valence electrons. The Morgan fingerprint density at radius 1 is 1.27 bits per heavy atom. The first-order valence-corrected chi connectivity index (χ1v) is 8.78. The molecule has 3 rings (SSSR count). The third kappa shape index (κ3) is 3.43. The summed E-state index contributed by atoms with van der Waals surface area (Å²) in [5.41, 5.74) is 5.46. The van der Waals surface area contributed by atoms with Crippen LogP contribution in [-0.2, 0) is 20.7 Å². The van der Waals surface area contributed by atoms with E-state index in [1.54, 1.807) is 0 Å². The molecule has 0 atom stereocenters. The molecule has 2 aromatic heterocycles. The fourth-order valence-corrected chi connectivity index (χ4v) is 3.51. The van der Waals surface area contributed by atoms with Gasteiger partial charge >= 0.3 is 5.97 Å². The van der Waals surface area contributed by atoms with Crippen LogP contribution in [0.4, 0.5) is 5.95 Å². The highest BCUT2D eigenvalue weighted by Crippen LogP contribution is 2.18. The minimum Gasteiger partial charge on any atom is -0.478 e. The number of hydrogen-bond donors (Lipinski definition) is 4. The highest BCUT2D eigenvalue weighted by atomic mass is 32.2. The van der Waals surface area contributed by atoms with E-state index in [0.717, 1.165) is 6.07 Å². The number of carboxylic acids is 1. The number of aromatic amines is 2. The molecule has 0 amide bonds. The second-order valence-corrected chi connectivity index (χ2v) is 6.92. The van der Waals surface area contributed by atoms with Crippen molar-refractivity contribution >= 4 is 33.1 Å². The predicted octanol–water partition coefficient (Wildman–Crippen LogP) is 0.480.